The van der Waals surface area contributed by atoms with Gasteiger partial charge in [-0.25, -0.2) is 8.42 Å². The van der Waals surface area contributed by atoms with Crippen LogP contribution < -0.4 is 0 Å². The van der Waals surface area contributed by atoms with E-state index in [1.54, 1.807) is 12.1 Å². The second kappa shape index (κ2) is 4.63. The van der Waals surface area contributed by atoms with Crippen molar-refractivity contribution in [1.82, 2.24) is 0 Å². The summed E-state index contributed by atoms with van der Waals surface area (Å²) in [5.74, 6) is -0.0183. The van der Waals surface area contributed by atoms with Gasteiger partial charge in [-0.05, 0) is 53.4 Å². The quantitative estimate of drug-likeness (QED) is 0.705. The largest absolute Gasteiger partial charge is 0.235 e. The summed E-state index contributed by atoms with van der Waals surface area (Å²) < 4.78 is 22.1. The number of sulfone groups is 1. The summed E-state index contributed by atoms with van der Waals surface area (Å²) in [7, 11) is -3.30. The summed E-state index contributed by atoms with van der Waals surface area (Å²) in [4.78, 5) is 0. The van der Waals surface area contributed by atoms with Crippen molar-refractivity contribution in [2.75, 3.05) is 0 Å². The smallest absolute Gasteiger partial charge is 0.225 e. The van der Waals surface area contributed by atoms with E-state index in [4.69, 9.17) is 0 Å². The predicted molar refractivity (Wildman–Crippen MR) is 68.6 cm³/mol. The van der Waals surface area contributed by atoms with Crippen molar-refractivity contribution in [3.63, 3.8) is 0 Å². The van der Waals surface area contributed by atoms with Crippen LogP contribution in [0.15, 0.2) is 30.3 Å². The van der Waals surface area contributed by atoms with Gasteiger partial charge in [-0.15, -0.1) is 0 Å². The van der Waals surface area contributed by atoms with Crippen molar-refractivity contribution in [1.29, 1.82) is 0 Å². The maximum atomic E-state index is 11.7. The summed E-state index contributed by atoms with van der Waals surface area (Å²) in [6.07, 6.45) is 0. The third-order valence-electron chi connectivity index (χ3n) is 1.55. The fraction of sp³-hybridized carbons (Fsp3) is 0.250. The van der Waals surface area contributed by atoms with Gasteiger partial charge < -0.3 is 0 Å². The first-order valence-corrected chi connectivity index (χ1v) is 7.69. The van der Waals surface area contributed by atoms with Gasteiger partial charge in [0.2, 0.25) is 1.47 Å². The Kier molecular flexibility index (Phi) is 4.20. The van der Waals surface area contributed by atoms with Gasteiger partial charge in [0.25, 0.3) is 0 Å². The molecule has 0 N–H and O–H groups in total. The van der Waals surface area contributed by atoms with Crippen LogP contribution in [-0.2, 0) is 15.6 Å². The van der Waals surface area contributed by atoms with Gasteiger partial charge >= 0.3 is 0 Å². The highest BCUT2D eigenvalue weighted by Crippen LogP contribution is 2.41. The average Bonchev–Trinajstić information content (AvgIpc) is 2.03. The number of halogens is 3. The minimum absolute atomic E-state index is 0.0183. The molecule has 0 heterocycles. The van der Waals surface area contributed by atoms with Crippen molar-refractivity contribution in [3.05, 3.63) is 35.9 Å². The zero-order chi connectivity index (χ0) is 10.8. The molecule has 0 bridgehead atoms. The van der Waals surface area contributed by atoms with E-state index in [1.807, 2.05) is 18.2 Å². The second-order valence-corrected chi connectivity index (χ2v) is 13.2. The molecule has 0 fully saturated rings. The molecule has 0 atom stereocenters. The molecule has 0 saturated carbocycles. The summed E-state index contributed by atoms with van der Waals surface area (Å²) in [5, 5.41) is 0. The molecule has 0 unspecified atom stereocenters. The van der Waals surface area contributed by atoms with Crippen LogP contribution in [0.1, 0.15) is 5.56 Å². The Balaban J connectivity index is 2.91. The average molecular weight is 407 g/mol. The van der Waals surface area contributed by atoms with E-state index in [0.717, 1.165) is 5.56 Å². The number of hydrogen-bond donors (Lipinski definition) is 0. The summed E-state index contributed by atoms with van der Waals surface area (Å²) in [5.41, 5.74) is 0.759. The Morgan fingerprint density at radius 1 is 1.07 bits per heavy atom. The van der Waals surface area contributed by atoms with Crippen molar-refractivity contribution < 1.29 is 8.42 Å². The molecular weight excluding hydrogens is 400 g/mol. The highest BCUT2D eigenvalue weighted by Gasteiger charge is 2.35. The zero-order valence-corrected chi connectivity index (χ0v) is 12.5. The number of benzene rings is 1. The predicted octanol–water partition coefficient (Wildman–Crippen LogP) is 3.40. The van der Waals surface area contributed by atoms with E-state index in [1.165, 1.54) is 0 Å². The molecule has 0 radical (unpaired) electrons. The van der Waals surface area contributed by atoms with Crippen LogP contribution in [0.5, 0.6) is 0 Å². The molecule has 78 valence electrons. The zero-order valence-electron chi connectivity index (χ0n) is 6.95. The Morgan fingerprint density at radius 3 is 2.00 bits per heavy atom. The Labute approximate surface area is 108 Å². The molecule has 0 spiro atoms. The van der Waals surface area contributed by atoms with E-state index in [-0.39, 0.29) is 5.75 Å². The molecule has 14 heavy (non-hydrogen) atoms. The molecule has 0 saturated heterocycles. The Hall–Kier alpha value is 0.610. The van der Waals surface area contributed by atoms with Crippen LogP contribution in [0.3, 0.4) is 0 Å². The molecule has 6 heteroatoms. The maximum absolute atomic E-state index is 11.7. The lowest BCUT2D eigenvalue weighted by Crippen LogP contribution is -2.19. The van der Waals surface area contributed by atoms with E-state index < -0.39 is 11.3 Å². The van der Waals surface area contributed by atoms with Crippen LogP contribution in [-0.4, -0.2) is 9.89 Å². The van der Waals surface area contributed by atoms with Crippen molar-refractivity contribution in [2.24, 2.45) is 0 Å². The van der Waals surface area contributed by atoms with Gasteiger partial charge in [-0.2, -0.15) is 0 Å². The molecule has 1 aromatic rings. The van der Waals surface area contributed by atoms with Crippen molar-refractivity contribution in [2.45, 2.75) is 7.23 Å². The van der Waals surface area contributed by atoms with Gasteiger partial charge in [-0.1, -0.05) is 30.3 Å². The lowest BCUT2D eigenvalue weighted by Gasteiger charge is -2.13. The van der Waals surface area contributed by atoms with Gasteiger partial charge in [-0.3, -0.25) is 0 Å². The monoisotopic (exact) mass is 404 g/mol. The Morgan fingerprint density at radius 2 is 1.57 bits per heavy atom. The van der Waals surface area contributed by atoms with Gasteiger partial charge in [0.15, 0.2) is 9.84 Å². The summed E-state index contributed by atoms with van der Waals surface area (Å²) >= 11 is 9.01. The van der Waals surface area contributed by atoms with E-state index in [9.17, 15) is 8.42 Å². The minimum Gasteiger partial charge on any atom is -0.225 e. The molecule has 1 aromatic carbocycles. The lowest BCUT2D eigenvalue weighted by atomic mass is 10.2. The maximum Gasteiger partial charge on any atom is 0.235 e. The first-order valence-electron chi connectivity index (χ1n) is 3.66. The van der Waals surface area contributed by atoms with Gasteiger partial charge in [0, 0.05) is 0 Å². The highest BCUT2D eigenvalue weighted by atomic mass is 80.0. The fourth-order valence-electron chi connectivity index (χ4n) is 0.875. The standard InChI is InChI=1S/C8H7Br3O2S/c9-8(10,11)14(12,13)6-7-4-2-1-3-5-7/h1-5H,6H2. The fourth-order valence-corrected chi connectivity index (χ4v) is 2.70. The Bertz CT molecular complexity index is 394. The topological polar surface area (TPSA) is 34.1 Å². The van der Waals surface area contributed by atoms with Gasteiger partial charge in [0.05, 0.1) is 5.75 Å². The molecule has 0 aliphatic carbocycles. The van der Waals surface area contributed by atoms with Crippen LogP contribution in [0, 0.1) is 0 Å². The molecule has 2 nitrogen and oxygen atoms in total. The third kappa shape index (κ3) is 3.32. The SMILES string of the molecule is O=S(=O)(Cc1ccccc1)C(Br)(Br)Br. The van der Waals surface area contributed by atoms with Crippen molar-refractivity contribution in [3.8, 4) is 0 Å². The van der Waals surface area contributed by atoms with Crippen LogP contribution >= 0.6 is 47.8 Å². The van der Waals surface area contributed by atoms with Crippen LogP contribution in [0.2, 0.25) is 0 Å². The highest BCUT2D eigenvalue weighted by molar-refractivity contribution is 9.42. The lowest BCUT2D eigenvalue weighted by molar-refractivity contribution is 0.598. The first-order chi connectivity index (χ1) is 6.33. The summed E-state index contributed by atoms with van der Waals surface area (Å²) in [6, 6.07) is 9.01. The number of rotatable bonds is 2. The van der Waals surface area contributed by atoms with Crippen LogP contribution in [0.4, 0.5) is 0 Å². The van der Waals surface area contributed by atoms with E-state index in [0.29, 0.717) is 0 Å². The number of hydrogen-bond acceptors (Lipinski definition) is 2. The molecular formula is C8H7Br3O2S. The van der Waals surface area contributed by atoms with Crippen LogP contribution in [0.25, 0.3) is 0 Å². The normalized spacial score (nSPS) is 12.8. The van der Waals surface area contributed by atoms with E-state index in [2.05, 4.69) is 47.8 Å². The van der Waals surface area contributed by atoms with Gasteiger partial charge in [0.1, 0.15) is 0 Å². The minimum atomic E-state index is -3.30. The summed E-state index contributed by atoms with van der Waals surface area (Å²) in [6.45, 7) is 0. The molecule has 0 amide bonds. The van der Waals surface area contributed by atoms with Crippen molar-refractivity contribution >= 4 is 57.6 Å². The molecule has 0 aromatic heterocycles. The second-order valence-electron chi connectivity index (χ2n) is 2.69. The molecule has 0 aliphatic heterocycles. The molecule has 0 aliphatic rings. The third-order valence-corrected chi connectivity index (χ3v) is 7.41. The molecule has 1 rings (SSSR count). The number of alkyl halides is 3. The first kappa shape index (κ1) is 12.7. The van der Waals surface area contributed by atoms with E-state index >= 15 is 0 Å².